The Kier molecular flexibility index (Phi) is 2.91. The number of aromatic amines is 1. The molecule has 0 saturated heterocycles. The molecule has 16 heavy (non-hydrogen) atoms. The fraction of sp³-hybridized carbons (Fsp3) is 0.700. The summed E-state index contributed by atoms with van der Waals surface area (Å²) in [6.07, 6.45) is 3.54. The van der Waals surface area contributed by atoms with Crippen molar-refractivity contribution in [3.63, 3.8) is 0 Å². The average molecular weight is 224 g/mol. The molecule has 0 atom stereocenters. The van der Waals surface area contributed by atoms with Crippen molar-refractivity contribution in [2.75, 3.05) is 5.32 Å². The molecule has 88 valence electrons. The fourth-order valence-corrected chi connectivity index (χ4v) is 1.91. The second-order valence-electron chi connectivity index (χ2n) is 4.15. The van der Waals surface area contributed by atoms with Crippen LogP contribution in [0.15, 0.2) is 0 Å². The summed E-state index contributed by atoms with van der Waals surface area (Å²) in [6, 6.07) is 0. The van der Waals surface area contributed by atoms with Crippen LogP contribution in [-0.4, -0.2) is 31.8 Å². The van der Waals surface area contributed by atoms with Gasteiger partial charge in [0.15, 0.2) is 0 Å². The lowest BCUT2D eigenvalue weighted by Crippen LogP contribution is -2.40. The Balaban J connectivity index is 2.01. The molecule has 6 nitrogen and oxygen atoms in total. The van der Waals surface area contributed by atoms with E-state index in [1.165, 1.54) is 0 Å². The Hall–Kier alpha value is -1.43. The number of carbonyl (C=O) groups excluding carboxylic acids is 1. The molecule has 1 saturated carbocycles. The summed E-state index contributed by atoms with van der Waals surface area (Å²) in [6.45, 7) is 1.94. The molecular weight excluding hydrogens is 208 g/mol. The van der Waals surface area contributed by atoms with Crippen LogP contribution in [0.5, 0.6) is 0 Å². The van der Waals surface area contributed by atoms with Gasteiger partial charge in [0.2, 0.25) is 5.95 Å². The van der Waals surface area contributed by atoms with Crippen LogP contribution < -0.4 is 5.32 Å². The number of carbonyl (C=O) groups is 1. The van der Waals surface area contributed by atoms with E-state index in [-0.39, 0.29) is 5.95 Å². The van der Waals surface area contributed by atoms with Gasteiger partial charge in [-0.1, -0.05) is 6.92 Å². The molecule has 1 aromatic rings. The smallest absolute Gasteiger partial charge is 0.258 e. The highest BCUT2D eigenvalue weighted by Crippen LogP contribution is 2.30. The Morgan fingerprint density at radius 1 is 1.56 bits per heavy atom. The van der Waals surface area contributed by atoms with E-state index in [9.17, 15) is 9.90 Å². The van der Waals surface area contributed by atoms with Gasteiger partial charge in [0.25, 0.3) is 5.91 Å². The molecule has 0 aromatic carbocycles. The van der Waals surface area contributed by atoms with Gasteiger partial charge in [0, 0.05) is 6.42 Å². The molecule has 1 aromatic heterocycles. The second kappa shape index (κ2) is 4.21. The first-order valence-corrected chi connectivity index (χ1v) is 5.59. The molecular formula is C10H16N4O2. The van der Waals surface area contributed by atoms with Crippen molar-refractivity contribution in [1.82, 2.24) is 15.2 Å². The number of hydrogen-bond acceptors (Lipinski definition) is 4. The molecule has 3 N–H and O–H groups in total. The number of anilines is 1. The molecule has 1 aliphatic rings. The van der Waals surface area contributed by atoms with Gasteiger partial charge in [0.1, 0.15) is 11.4 Å². The monoisotopic (exact) mass is 224 g/mol. The zero-order valence-electron chi connectivity index (χ0n) is 9.29. The van der Waals surface area contributed by atoms with Gasteiger partial charge in [-0.05, 0) is 25.7 Å². The molecule has 1 amide bonds. The van der Waals surface area contributed by atoms with Crippen molar-refractivity contribution in [2.45, 2.75) is 44.6 Å². The van der Waals surface area contributed by atoms with Crippen LogP contribution in [0, 0.1) is 0 Å². The van der Waals surface area contributed by atoms with Crippen LogP contribution in [0.3, 0.4) is 0 Å². The van der Waals surface area contributed by atoms with Crippen molar-refractivity contribution in [3.8, 4) is 0 Å². The van der Waals surface area contributed by atoms with Gasteiger partial charge >= 0.3 is 0 Å². The third-order valence-corrected chi connectivity index (χ3v) is 2.95. The maximum Gasteiger partial charge on any atom is 0.258 e. The Morgan fingerprint density at radius 3 is 2.81 bits per heavy atom. The normalized spacial score (nSPS) is 18.6. The van der Waals surface area contributed by atoms with E-state index >= 15 is 0 Å². The summed E-state index contributed by atoms with van der Waals surface area (Å²) in [5.41, 5.74) is -1.23. The molecule has 0 unspecified atom stereocenters. The van der Waals surface area contributed by atoms with E-state index in [1.54, 1.807) is 0 Å². The Morgan fingerprint density at radius 2 is 2.25 bits per heavy atom. The number of hydrogen-bond donors (Lipinski definition) is 3. The highest BCUT2D eigenvalue weighted by atomic mass is 16.3. The van der Waals surface area contributed by atoms with Gasteiger partial charge in [-0.25, -0.2) is 0 Å². The highest BCUT2D eigenvalue weighted by molar-refractivity contribution is 5.95. The number of nitrogens with zero attached hydrogens (tertiary/aromatic N) is 2. The zero-order chi connectivity index (χ0) is 11.6. The summed E-state index contributed by atoms with van der Waals surface area (Å²) in [7, 11) is 0. The van der Waals surface area contributed by atoms with Crippen LogP contribution in [-0.2, 0) is 11.2 Å². The molecule has 0 bridgehead atoms. The Bertz CT molecular complexity index is 382. The molecule has 1 aliphatic carbocycles. The van der Waals surface area contributed by atoms with E-state index in [0.717, 1.165) is 19.3 Å². The lowest BCUT2D eigenvalue weighted by Gasteiger charge is -2.19. The molecule has 0 aliphatic heterocycles. The predicted octanol–water partition coefficient (Wildman–Crippen LogP) is 0.611. The van der Waals surface area contributed by atoms with E-state index < -0.39 is 11.5 Å². The van der Waals surface area contributed by atoms with Crippen molar-refractivity contribution in [1.29, 1.82) is 0 Å². The summed E-state index contributed by atoms with van der Waals surface area (Å²) in [5, 5.41) is 19.1. The van der Waals surface area contributed by atoms with Crippen molar-refractivity contribution in [3.05, 3.63) is 5.82 Å². The topological polar surface area (TPSA) is 90.9 Å². The van der Waals surface area contributed by atoms with Gasteiger partial charge in [-0.15, -0.1) is 5.10 Å². The molecule has 2 rings (SSSR count). The van der Waals surface area contributed by atoms with Gasteiger partial charge in [-0.2, -0.15) is 4.98 Å². The fourth-order valence-electron chi connectivity index (χ4n) is 1.91. The van der Waals surface area contributed by atoms with E-state index in [4.69, 9.17) is 0 Å². The minimum atomic E-state index is -1.23. The molecule has 1 heterocycles. The maximum atomic E-state index is 11.8. The van der Waals surface area contributed by atoms with Gasteiger partial charge in [-0.3, -0.25) is 15.2 Å². The third-order valence-electron chi connectivity index (χ3n) is 2.95. The van der Waals surface area contributed by atoms with Crippen molar-refractivity contribution >= 4 is 11.9 Å². The molecule has 1 fully saturated rings. The van der Waals surface area contributed by atoms with Crippen LogP contribution >= 0.6 is 0 Å². The van der Waals surface area contributed by atoms with Gasteiger partial charge in [0.05, 0.1) is 0 Å². The number of rotatable bonds is 3. The number of aromatic nitrogens is 3. The van der Waals surface area contributed by atoms with Crippen LogP contribution in [0.4, 0.5) is 5.95 Å². The van der Waals surface area contributed by atoms with E-state index in [2.05, 4.69) is 20.5 Å². The molecule has 0 radical (unpaired) electrons. The summed E-state index contributed by atoms with van der Waals surface area (Å²) >= 11 is 0. The SMILES string of the molecule is CCc1nc(NC(=O)C2(O)CCCC2)n[nH]1. The molecule has 6 heteroatoms. The van der Waals surface area contributed by atoms with Gasteiger partial charge < -0.3 is 5.11 Å². The zero-order valence-corrected chi connectivity index (χ0v) is 9.29. The number of aryl methyl sites for hydroxylation is 1. The summed E-state index contributed by atoms with van der Waals surface area (Å²) in [4.78, 5) is 15.8. The Labute approximate surface area is 93.5 Å². The second-order valence-corrected chi connectivity index (χ2v) is 4.15. The molecule has 0 spiro atoms. The number of aliphatic hydroxyl groups is 1. The number of amides is 1. The minimum Gasteiger partial charge on any atom is -0.380 e. The largest absolute Gasteiger partial charge is 0.380 e. The van der Waals surface area contributed by atoms with Crippen LogP contribution in [0.1, 0.15) is 38.4 Å². The van der Waals surface area contributed by atoms with Crippen LogP contribution in [0.2, 0.25) is 0 Å². The maximum absolute atomic E-state index is 11.8. The summed E-state index contributed by atoms with van der Waals surface area (Å²) in [5.74, 6) is 0.558. The standard InChI is InChI=1S/C10H16N4O2/c1-2-7-11-9(14-13-7)12-8(15)10(16)5-3-4-6-10/h16H,2-6H2,1H3,(H2,11,12,13,14,15). The van der Waals surface area contributed by atoms with E-state index in [1.807, 2.05) is 6.92 Å². The summed E-state index contributed by atoms with van der Waals surface area (Å²) < 4.78 is 0. The predicted molar refractivity (Wildman–Crippen MR) is 57.8 cm³/mol. The van der Waals surface area contributed by atoms with Crippen molar-refractivity contribution in [2.24, 2.45) is 0 Å². The number of H-pyrrole nitrogens is 1. The van der Waals surface area contributed by atoms with Crippen LogP contribution in [0.25, 0.3) is 0 Å². The third kappa shape index (κ3) is 2.06. The number of nitrogens with one attached hydrogen (secondary N) is 2. The van der Waals surface area contributed by atoms with Crippen molar-refractivity contribution < 1.29 is 9.90 Å². The first kappa shape index (κ1) is 11.1. The highest BCUT2D eigenvalue weighted by Gasteiger charge is 2.39. The first-order valence-electron chi connectivity index (χ1n) is 5.59. The lowest BCUT2D eigenvalue weighted by molar-refractivity contribution is -0.133. The first-order chi connectivity index (χ1) is 7.64. The quantitative estimate of drug-likeness (QED) is 0.701. The lowest BCUT2D eigenvalue weighted by atomic mass is 10.0. The minimum absolute atomic E-state index is 0.238. The average Bonchev–Trinajstić information content (AvgIpc) is 2.88. The van der Waals surface area contributed by atoms with E-state index in [0.29, 0.717) is 18.7 Å².